The molecule has 0 spiro atoms. The monoisotopic (exact) mass is 269 g/mol. The highest BCUT2D eigenvalue weighted by Gasteiger charge is 2.15. The Balaban J connectivity index is 2.17. The Bertz CT molecular complexity index is 484. The van der Waals surface area contributed by atoms with Gasteiger partial charge in [0.25, 0.3) is 0 Å². The molecule has 2 heterocycles. The van der Waals surface area contributed by atoms with Gasteiger partial charge >= 0.3 is 0 Å². The molecule has 0 saturated carbocycles. The van der Waals surface area contributed by atoms with Crippen LogP contribution in [0.4, 0.5) is 0 Å². The van der Waals surface area contributed by atoms with Crippen molar-refractivity contribution in [2.75, 3.05) is 12.4 Å². The summed E-state index contributed by atoms with van der Waals surface area (Å²) in [6.45, 7) is 2.45. The van der Waals surface area contributed by atoms with E-state index >= 15 is 0 Å². The maximum atomic E-state index is 9.33. The Morgan fingerprint density at radius 2 is 2.33 bits per heavy atom. The van der Waals surface area contributed by atoms with Crippen molar-refractivity contribution in [3.63, 3.8) is 0 Å². The Kier molecular flexibility index (Phi) is 4.40. The van der Waals surface area contributed by atoms with Gasteiger partial charge in [0.05, 0.1) is 19.0 Å². The quantitative estimate of drug-likeness (QED) is 0.761. The lowest BCUT2D eigenvalue weighted by Gasteiger charge is -2.07. The zero-order valence-corrected chi connectivity index (χ0v) is 10.8. The van der Waals surface area contributed by atoms with Gasteiger partial charge in [0, 0.05) is 12.3 Å². The van der Waals surface area contributed by atoms with Crippen LogP contribution < -0.4 is 0 Å². The summed E-state index contributed by atoms with van der Waals surface area (Å²) in [5.74, 6) is 1.72. The number of hydrogen-bond acceptors (Lipinski definition) is 6. The van der Waals surface area contributed by atoms with E-state index in [0.29, 0.717) is 29.0 Å². The van der Waals surface area contributed by atoms with Gasteiger partial charge in [-0.3, -0.25) is 4.57 Å². The molecule has 2 N–H and O–H groups in total. The van der Waals surface area contributed by atoms with Gasteiger partial charge in [-0.1, -0.05) is 11.8 Å². The fourth-order valence-electron chi connectivity index (χ4n) is 1.49. The van der Waals surface area contributed by atoms with Crippen molar-refractivity contribution in [2.45, 2.75) is 24.7 Å². The number of nitrogens with zero attached hydrogens (tertiary/aromatic N) is 3. The van der Waals surface area contributed by atoms with Gasteiger partial charge in [-0.25, -0.2) is 0 Å². The molecule has 0 radical (unpaired) electrons. The Labute approximate surface area is 109 Å². The number of rotatable bonds is 6. The third-order valence-electron chi connectivity index (χ3n) is 2.39. The normalized spacial score (nSPS) is 12.8. The molecule has 6 nitrogen and oxygen atoms in total. The molecule has 1 atom stereocenters. The van der Waals surface area contributed by atoms with Crippen molar-refractivity contribution in [2.24, 2.45) is 0 Å². The van der Waals surface area contributed by atoms with Crippen LogP contribution in [-0.4, -0.2) is 43.4 Å². The van der Waals surface area contributed by atoms with E-state index in [2.05, 4.69) is 10.2 Å². The molecule has 2 aromatic rings. The van der Waals surface area contributed by atoms with Crippen LogP contribution in [-0.2, 0) is 6.54 Å². The molecule has 0 amide bonds. The van der Waals surface area contributed by atoms with Crippen LogP contribution in [0.1, 0.15) is 6.92 Å². The molecule has 2 aromatic heterocycles. The van der Waals surface area contributed by atoms with Gasteiger partial charge in [0.15, 0.2) is 16.7 Å². The van der Waals surface area contributed by atoms with Crippen molar-refractivity contribution in [1.82, 2.24) is 14.8 Å². The number of thioether (sulfide) groups is 1. The van der Waals surface area contributed by atoms with E-state index in [1.54, 1.807) is 12.3 Å². The highest BCUT2D eigenvalue weighted by molar-refractivity contribution is 7.99. The summed E-state index contributed by atoms with van der Waals surface area (Å²) in [6, 6.07) is 3.62. The molecule has 7 heteroatoms. The van der Waals surface area contributed by atoms with Crippen molar-refractivity contribution >= 4 is 11.8 Å². The van der Waals surface area contributed by atoms with Crippen LogP contribution >= 0.6 is 11.8 Å². The second-order valence-electron chi connectivity index (χ2n) is 3.68. The maximum Gasteiger partial charge on any atom is 0.200 e. The molecule has 18 heavy (non-hydrogen) atoms. The number of hydrogen-bond donors (Lipinski definition) is 2. The maximum absolute atomic E-state index is 9.33. The lowest BCUT2D eigenvalue weighted by Crippen LogP contribution is -2.15. The molecule has 0 aliphatic rings. The average Bonchev–Trinajstić information content (AvgIpc) is 3.03. The fraction of sp³-hybridized carbons (Fsp3) is 0.455. The smallest absolute Gasteiger partial charge is 0.200 e. The number of aliphatic hydroxyl groups excluding tert-OH is 2. The predicted molar refractivity (Wildman–Crippen MR) is 67.2 cm³/mol. The summed E-state index contributed by atoms with van der Waals surface area (Å²) in [5, 5.41) is 27.0. The minimum atomic E-state index is -0.746. The molecule has 0 bridgehead atoms. The molecule has 0 aromatic carbocycles. The van der Waals surface area contributed by atoms with E-state index in [1.165, 1.54) is 11.8 Å². The van der Waals surface area contributed by atoms with Gasteiger partial charge in [-0.05, 0) is 19.1 Å². The number of furan rings is 1. The van der Waals surface area contributed by atoms with Crippen LogP contribution in [0.25, 0.3) is 11.6 Å². The van der Waals surface area contributed by atoms with Crippen molar-refractivity contribution in [3.05, 3.63) is 18.4 Å². The molecule has 0 fully saturated rings. The summed E-state index contributed by atoms with van der Waals surface area (Å²) in [7, 11) is 0. The van der Waals surface area contributed by atoms with Gasteiger partial charge in [0.1, 0.15) is 0 Å². The minimum absolute atomic E-state index is 0.252. The SMILES string of the molecule is CCn1c(SCC(O)CO)nnc1-c1ccco1. The second-order valence-corrected chi connectivity index (χ2v) is 4.66. The first kappa shape index (κ1) is 13.1. The van der Waals surface area contributed by atoms with Gasteiger partial charge in [-0.2, -0.15) is 0 Å². The fourth-order valence-corrected chi connectivity index (χ4v) is 2.41. The summed E-state index contributed by atoms with van der Waals surface area (Å²) in [5.41, 5.74) is 0. The molecular weight excluding hydrogens is 254 g/mol. The van der Waals surface area contributed by atoms with Crippen LogP contribution in [0.3, 0.4) is 0 Å². The van der Waals surface area contributed by atoms with Gasteiger partial charge in [0.2, 0.25) is 0 Å². The predicted octanol–water partition coefficient (Wildman–Crippen LogP) is 1.00. The number of aromatic nitrogens is 3. The summed E-state index contributed by atoms with van der Waals surface area (Å²) in [4.78, 5) is 0. The summed E-state index contributed by atoms with van der Waals surface area (Å²) >= 11 is 1.36. The zero-order valence-electron chi connectivity index (χ0n) is 9.98. The highest BCUT2D eigenvalue weighted by Crippen LogP contribution is 2.24. The Morgan fingerprint density at radius 1 is 1.50 bits per heavy atom. The molecule has 98 valence electrons. The third kappa shape index (κ3) is 2.74. The van der Waals surface area contributed by atoms with Crippen molar-refractivity contribution < 1.29 is 14.6 Å². The van der Waals surface area contributed by atoms with Gasteiger partial charge in [-0.15, -0.1) is 10.2 Å². The van der Waals surface area contributed by atoms with E-state index in [-0.39, 0.29) is 6.61 Å². The van der Waals surface area contributed by atoms with Crippen LogP contribution in [0, 0.1) is 0 Å². The molecule has 0 aliphatic heterocycles. The molecule has 1 unspecified atom stereocenters. The van der Waals surface area contributed by atoms with Crippen molar-refractivity contribution in [3.8, 4) is 11.6 Å². The first-order valence-electron chi connectivity index (χ1n) is 5.65. The molecule has 2 rings (SSSR count). The zero-order chi connectivity index (χ0) is 13.0. The van der Waals surface area contributed by atoms with E-state index in [0.717, 1.165) is 0 Å². The Morgan fingerprint density at radius 3 is 2.94 bits per heavy atom. The standard InChI is InChI=1S/C11H15N3O3S/c1-2-14-10(9-4-3-5-17-9)12-13-11(14)18-7-8(16)6-15/h3-5,8,15-16H,2,6-7H2,1H3. The first-order chi connectivity index (χ1) is 8.76. The lowest BCUT2D eigenvalue weighted by molar-refractivity contribution is 0.113. The molecular formula is C11H15N3O3S. The van der Waals surface area contributed by atoms with Crippen LogP contribution in [0.15, 0.2) is 28.0 Å². The third-order valence-corrected chi connectivity index (χ3v) is 3.50. The minimum Gasteiger partial charge on any atom is -0.461 e. The first-order valence-corrected chi connectivity index (χ1v) is 6.63. The average molecular weight is 269 g/mol. The molecule has 0 saturated heterocycles. The summed E-state index contributed by atoms with van der Waals surface area (Å²) in [6.07, 6.45) is 0.843. The van der Waals surface area contributed by atoms with Crippen LogP contribution in [0.2, 0.25) is 0 Å². The van der Waals surface area contributed by atoms with Crippen molar-refractivity contribution in [1.29, 1.82) is 0 Å². The van der Waals surface area contributed by atoms with E-state index in [9.17, 15) is 5.11 Å². The van der Waals surface area contributed by atoms with E-state index in [1.807, 2.05) is 17.6 Å². The second kappa shape index (κ2) is 6.03. The topological polar surface area (TPSA) is 84.3 Å². The highest BCUT2D eigenvalue weighted by atomic mass is 32.2. The van der Waals surface area contributed by atoms with E-state index in [4.69, 9.17) is 9.52 Å². The number of aliphatic hydroxyl groups is 2. The molecule has 0 aliphatic carbocycles. The Hall–Kier alpha value is -1.31. The van der Waals surface area contributed by atoms with Gasteiger partial charge < -0.3 is 14.6 Å². The lowest BCUT2D eigenvalue weighted by atomic mass is 10.4. The van der Waals surface area contributed by atoms with E-state index < -0.39 is 6.10 Å². The summed E-state index contributed by atoms with van der Waals surface area (Å²) < 4.78 is 7.21. The van der Waals surface area contributed by atoms with Crippen LogP contribution in [0.5, 0.6) is 0 Å². The largest absolute Gasteiger partial charge is 0.461 e.